The fraction of sp³-hybridized carbons (Fsp3) is 0.381. The van der Waals surface area contributed by atoms with Gasteiger partial charge in [0.25, 0.3) is 0 Å². The molecule has 1 saturated carbocycles. The van der Waals surface area contributed by atoms with Gasteiger partial charge in [0.05, 0.1) is 29.8 Å². The molecule has 0 bridgehead atoms. The predicted octanol–water partition coefficient (Wildman–Crippen LogP) is 4.41. The van der Waals surface area contributed by atoms with Crippen molar-refractivity contribution in [1.82, 2.24) is 9.97 Å². The second kappa shape index (κ2) is 7.38. The van der Waals surface area contributed by atoms with Crippen molar-refractivity contribution in [2.24, 2.45) is 0 Å². The van der Waals surface area contributed by atoms with Gasteiger partial charge in [0, 0.05) is 24.7 Å². The third-order valence-electron chi connectivity index (χ3n) is 5.58. The highest BCUT2D eigenvalue weighted by Gasteiger charge is 2.26. The van der Waals surface area contributed by atoms with Crippen molar-refractivity contribution in [2.45, 2.75) is 25.2 Å². The minimum absolute atomic E-state index is 0.521. The number of thiophene rings is 1. The number of nitrogens with zero attached hydrogens (tertiary/aromatic N) is 4. The number of anilines is 3. The lowest BCUT2D eigenvalue weighted by atomic mass is 9.79. The second-order valence-corrected chi connectivity index (χ2v) is 8.33. The summed E-state index contributed by atoms with van der Waals surface area (Å²) in [4.78, 5) is 12.2. The van der Waals surface area contributed by atoms with Crippen LogP contribution in [0.3, 0.4) is 0 Å². The Morgan fingerprint density at radius 3 is 2.71 bits per heavy atom. The maximum absolute atomic E-state index is 9.53. The summed E-state index contributed by atoms with van der Waals surface area (Å²) in [7, 11) is 0. The van der Waals surface area contributed by atoms with Crippen LogP contribution in [0.2, 0.25) is 0 Å². The molecule has 0 aromatic carbocycles. The molecule has 142 valence electrons. The summed E-state index contributed by atoms with van der Waals surface area (Å²) in [6, 6.07) is 8.53. The van der Waals surface area contributed by atoms with Crippen LogP contribution >= 0.6 is 11.3 Å². The molecule has 0 atom stereocenters. The average Bonchev–Trinajstić information content (AvgIpc) is 3.06. The fourth-order valence-electron chi connectivity index (χ4n) is 3.86. The molecule has 1 aliphatic heterocycles. The van der Waals surface area contributed by atoms with Crippen LogP contribution in [-0.4, -0.2) is 36.3 Å². The lowest BCUT2D eigenvalue weighted by Crippen LogP contribution is -2.36. The van der Waals surface area contributed by atoms with E-state index >= 15 is 0 Å². The van der Waals surface area contributed by atoms with Crippen molar-refractivity contribution in [3.63, 3.8) is 0 Å². The van der Waals surface area contributed by atoms with E-state index < -0.39 is 0 Å². The lowest BCUT2D eigenvalue weighted by molar-refractivity contribution is 0.122. The van der Waals surface area contributed by atoms with Crippen LogP contribution in [0.1, 0.15) is 35.6 Å². The Morgan fingerprint density at radius 2 is 2.04 bits per heavy atom. The van der Waals surface area contributed by atoms with E-state index in [4.69, 9.17) is 4.74 Å². The molecular weight excluding hydrogens is 370 g/mol. The Balaban J connectivity index is 1.39. The minimum atomic E-state index is 0.521. The molecule has 2 fully saturated rings. The third kappa shape index (κ3) is 3.19. The summed E-state index contributed by atoms with van der Waals surface area (Å²) in [5, 5.41) is 14.1. The fourth-order valence-corrected chi connectivity index (χ4v) is 4.90. The Bertz CT molecular complexity index is 1030. The summed E-state index contributed by atoms with van der Waals surface area (Å²) < 4.78 is 6.49. The lowest BCUT2D eigenvalue weighted by Gasteiger charge is -2.27. The van der Waals surface area contributed by atoms with E-state index in [1.54, 1.807) is 11.3 Å². The van der Waals surface area contributed by atoms with Crippen LogP contribution < -0.4 is 10.2 Å². The van der Waals surface area contributed by atoms with Gasteiger partial charge in [-0.1, -0.05) is 6.42 Å². The van der Waals surface area contributed by atoms with Crippen molar-refractivity contribution in [2.75, 3.05) is 36.5 Å². The monoisotopic (exact) mass is 391 g/mol. The number of fused-ring (bicyclic) bond motifs is 1. The van der Waals surface area contributed by atoms with Crippen molar-refractivity contribution >= 4 is 38.7 Å². The molecule has 3 aromatic rings. The zero-order valence-electron chi connectivity index (χ0n) is 15.5. The largest absolute Gasteiger partial charge is 0.378 e. The summed E-state index contributed by atoms with van der Waals surface area (Å²) in [5.41, 5.74) is 2.13. The van der Waals surface area contributed by atoms with Crippen LogP contribution in [0, 0.1) is 11.3 Å². The third-order valence-corrected chi connectivity index (χ3v) is 6.65. The number of hydrogen-bond acceptors (Lipinski definition) is 7. The van der Waals surface area contributed by atoms with Crippen LogP contribution in [0.15, 0.2) is 30.6 Å². The molecule has 28 heavy (non-hydrogen) atoms. The van der Waals surface area contributed by atoms with E-state index in [-0.39, 0.29) is 0 Å². The van der Waals surface area contributed by atoms with Crippen LogP contribution in [0.25, 0.3) is 10.1 Å². The molecule has 5 rings (SSSR count). The maximum Gasteiger partial charge on any atom is 0.131 e. The normalized spacial score (nSPS) is 17.3. The SMILES string of the molecule is N#Cc1sc2cnc(Nc3ccc(N4CCOCC4)nc3)cc2c1C1CCC1. The number of ether oxygens (including phenoxy) is 1. The van der Waals surface area contributed by atoms with Crippen molar-refractivity contribution in [3.05, 3.63) is 41.0 Å². The molecule has 4 heterocycles. The van der Waals surface area contributed by atoms with Crippen molar-refractivity contribution in [1.29, 1.82) is 5.26 Å². The van der Waals surface area contributed by atoms with Gasteiger partial charge >= 0.3 is 0 Å². The quantitative estimate of drug-likeness (QED) is 0.710. The van der Waals surface area contributed by atoms with Gasteiger partial charge in [-0.2, -0.15) is 5.26 Å². The van der Waals surface area contributed by atoms with Crippen molar-refractivity contribution < 1.29 is 4.74 Å². The highest BCUT2D eigenvalue weighted by atomic mass is 32.1. The Hall–Kier alpha value is -2.69. The van der Waals surface area contributed by atoms with E-state index in [1.165, 1.54) is 30.2 Å². The first-order valence-electron chi connectivity index (χ1n) is 9.70. The average molecular weight is 392 g/mol. The van der Waals surface area contributed by atoms with E-state index in [2.05, 4.69) is 32.3 Å². The predicted molar refractivity (Wildman–Crippen MR) is 111 cm³/mol. The standard InChI is InChI=1S/C21H21N5OS/c22-11-17-21(14-2-1-3-14)16-10-19(23-13-18(16)28-17)25-15-4-5-20(24-12-15)26-6-8-27-9-7-26/h4-5,10,12-14H,1-3,6-9H2,(H,23,25). The topological polar surface area (TPSA) is 74.1 Å². The van der Waals surface area contributed by atoms with Gasteiger partial charge < -0.3 is 15.0 Å². The molecule has 0 radical (unpaired) electrons. The first kappa shape index (κ1) is 17.4. The number of nitriles is 1. The summed E-state index contributed by atoms with van der Waals surface area (Å²) in [5.74, 6) is 2.28. The van der Waals surface area contributed by atoms with E-state index in [9.17, 15) is 5.26 Å². The zero-order valence-corrected chi connectivity index (χ0v) is 16.3. The highest BCUT2D eigenvalue weighted by Crippen LogP contribution is 2.45. The first-order chi connectivity index (χ1) is 13.8. The van der Waals surface area contributed by atoms with E-state index in [1.807, 2.05) is 24.5 Å². The summed E-state index contributed by atoms with van der Waals surface area (Å²) in [6.07, 6.45) is 7.33. The number of morpholine rings is 1. The molecule has 0 amide bonds. The van der Waals surface area contributed by atoms with E-state index in [0.29, 0.717) is 5.92 Å². The number of nitrogens with one attached hydrogen (secondary N) is 1. The van der Waals surface area contributed by atoms with Gasteiger partial charge in [0.15, 0.2) is 0 Å². The molecule has 0 spiro atoms. The number of aromatic nitrogens is 2. The first-order valence-corrected chi connectivity index (χ1v) is 10.5. The Morgan fingerprint density at radius 1 is 1.18 bits per heavy atom. The minimum Gasteiger partial charge on any atom is -0.378 e. The van der Waals surface area contributed by atoms with Crippen LogP contribution in [-0.2, 0) is 4.74 Å². The smallest absolute Gasteiger partial charge is 0.131 e. The van der Waals surface area contributed by atoms with Gasteiger partial charge in [-0.05, 0) is 42.5 Å². The maximum atomic E-state index is 9.53. The van der Waals surface area contributed by atoms with Crippen molar-refractivity contribution in [3.8, 4) is 6.07 Å². The number of rotatable bonds is 4. The van der Waals surface area contributed by atoms with Gasteiger partial charge in [-0.15, -0.1) is 11.3 Å². The van der Waals surface area contributed by atoms with Gasteiger partial charge in [-0.25, -0.2) is 9.97 Å². The molecule has 6 nitrogen and oxygen atoms in total. The van der Waals surface area contributed by atoms with Gasteiger partial charge in [-0.3, -0.25) is 0 Å². The van der Waals surface area contributed by atoms with Gasteiger partial charge in [0.1, 0.15) is 22.6 Å². The molecule has 1 saturated heterocycles. The number of pyridine rings is 2. The van der Waals surface area contributed by atoms with Gasteiger partial charge in [0.2, 0.25) is 0 Å². The van der Waals surface area contributed by atoms with Crippen LogP contribution in [0.5, 0.6) is 0 Å². The van der Waals surface area contributed by atoms with Crippen LogP contribution in [0.4, 0.5) is 17.3 Å². The summed E-state index contributed by atoms with van der Waals surface area (Å²) in [6.45, 7) is 3.25. The molecule has 1 aliphatic carbocycles. The second-order valence-electron chi connectivity index (χ2n) is 7.28. The number of hydrogen-bond donors (Lipinski definition) is 1. The summed E-state index contributed by atoms with van der Waals surface area (Å²) >= 11 is 1.55. The highest BCUT2D eigenvalue weighted by molar-refractivity contribution is 7.19. The molecule has 1 N–H and O–H groups in total. The molecular formula is C21H21N5OS. The van der Waals surface area contributed by atoms with E-state index in [0.717, 1.165) is 53.2 Å². The molecule has 2 aliphatic rings. The molecule has 0 unspecified atom stereocenters. The Kier molecular flexibility index (Phi) is 4.59. The molecule has 7 heteroatoms. The Labute approximate surface area is 167 Å². The molecule has 3 aromatic heterocycles. The zero-order chi connectivity index (χ0) is 18.9.